The van der Waals surface area contributed by atoms with Crippen LogP contribution >= 0.6 is 0 Å². The number of ketones is 1. The molecular formula is C14H18N2O3. The van der Waals surface area contributed by atoms with Crippen molar-refractivity contribution in [3.05, 3.63) is 39.9 Å². The van der Waals surface area contributed by atoms with Crippen LogP contribution in [0.15, 0.2) is 24.3 Å². The number of nitrogens with zero attached hydrogens (tertiary/aromatic N) is 1. The first kappa shape index (κ1) is 13.7. The lowest BCUT2D eigenvalue weighted by molar-refractivity contribution is -0.384. The SMILES string of the molecule is C[C@H](NC1CCC(=O)CC1)c1ccc([N+](=O)[O-])cc1. The molecule has 0 aliphatic heterocycles. The molecule has 0 radical (unpaired) electrons. The van der Waals surface area contributed by atoms with Gasteiger partial charge in [0, 0.05) is 37.1 Å². The Kier molecular flexibility index (Phi) is 4.27. The summed E-state index contributed by atoms with van der Waals surface area (Å²) in [4.78, 5) is 21.4. The van der Waals surface area contributed by atoms with Crippen molar-refractivity contribution in [1.82, 2.24) is 5.32 Å². The molecule has 102 valence electrons. The molecular weight excluding hydrogens is 244 g/mol. The van der Waals surface area contributed by atoms with Crippen LogP contribution in [-0.2, 0) is 4.79 Å². The van der Waals surface area contributed by atoms with Gasteiger partial charge in [-0.2, -0.15) is 0 Å². The lowest BCUT2D eigenvalue weighted by Gasteiger charge is -2.26. The van der Waals surface area contributed by atoms with Crippen LogP contribution in [-0.4, -0.2) is 16.7 Å². The van der Waals surface area contributed by atoms with Gasteiger partial charge in [-0.1, -0.05) is 12.1 Å². The van der Waals surface area contributed by atoms with E-state index in [4.69, 9.17) is 0 Å². The van der Waals surface area contributed by atoms with Crippen molar-refractivity contribution < 1.29 is 9.72 Å². The highest BCUT2D eigenvalue weighted by molar-refractivity contribution is 5.79. The second kappa shape index (κ2) is 5.93. The van der Waals surface area contributed by atoms with Crippen LogP contribution in [0.5, 0.6) is 0 Å². The van der Waals surface area contributed by atoms with Gasteiger partial charge in [0.25, 0.3) is 5.69 Å². The third-order valence-electron chi connectivity index (χ3n) is 3.63. The summed E-state index contributed by atoms with van der Waals surface area (Å²) in [5.74, 6) is 0.348. The van der Waals surface area contributed by atoms with Gasteiger partial charge in [0.05, 0.1) is 4.92 Å². The summed E-state index contributed by atoms with van der Waals surface area (Å²) >= 11 is 0. The van der Waals surface area contributed by atoms with E-state index in [0.717, 1.165) is 18.4 Å². The van der Waals surface area contributed by atoms with E-state index >= 15 is 0 Å². The number of nitro groups is 1. The highest BCUT2D eigenvalue weighted by Gasteiger charge is 2.20. The fraction of sp³-hybridized carbons (Fsp3) is 0.500. The lowest BCUT2D eigenvalue weighted by atomic mass is 9.93. The predicted molar refractivity (Wildman–Crippen MR) is 71.9 cm³/mol. The smallest absolute Gasteiger partial charge is 0.269 e. The molecule has 0 spiro atoms. The number of nitrogens with one attached hydrogen (secondary N) is 1. The van der Waals surface area contributed by atoms with Crippen molar-refractivity contribution in [3.8, 4) is 0 Å². The normalized spacial score (nSPS) is 18.3. The molecule has 1 aliphatic rings. The van der Waals surface area contributed by atoms with E-state index in [9.17, 15) is 14.9 Å². The lowest BCUT2D eigenvalue weighted by Crippen LogP contribution is -2.35. The zero-order chi connectivity index (χ0) is 13.8. The molecule has 1 fully saturated rings. The molecule has 0 saturated heterocycles. The summed E-state index contributed by atoms with van der Waals surface area (Å²) < 4.78 is 0. The van der Waals surface area contributed by atoms with Gasteiger partial charge >= 0.3 is 0 Å². The van der Waals surface area contributed by atoms with Gasteiger partial charge in [-0.15, -0.1) is 0 Å². The van der Waals surface area contributed by atoms with Crippen molar-refractivity contribution in [2.24, 2.45) is 0 Å². The van der Waals surface area contributed by atoms with E-state index in [1.54, 1.807) is 12.1 Å². The molecule has 0 unspecified atom stereocenters. The minimum Gasteiger partial charge on any atom is -0.307 e. The molecule has 0 heterocycles. The molecule has 2 rings (SSSR count). The van der Waals surface area contributed by atoms with Crippen LogP contribution < -0.4 is 5.32 Å². The predicted octanol–water partition coefficient (Wildman–Crippen LogP) is 2.76. The van der Waals surface area contributed by atoms with Crippen LogP contribution in [0.25, 0.3) is 0 Å². The Bertz CT molecular complexity index is 460. The molecule has 1 atom stereocenters. The molecule has 0 aromatic heterocycles. The summed E-state index contributed by atoms with van der Waals surface area (Å²) in [6, 6.07) is 7.12. The number of carbonyl (C=O) groups is 1. The number of nitro benzene ring substituents is 1. The van der Waals surface area contributed by atoms with E-state index in [1.165, 1.54) is 12.1 Å². The van der Waals surface area contributed by atoms with Crippen LogP contribution in [0.1, 0.15) is 44.2 Å². The van der Waals surface area contributed by atoms with E-state index in [1.807, 2.05) is 6.92 Å². The van der Waals surface area contributed by atoms with Crippen LogP contribution in [0.2, 0.25) is 0 Å². The molecule has 0 bridgehead atoms. The van der Waals surface area contributed by atoms with Crippen LogP contribution in [0.3, 0.4) is 0 Å². The van der Waals surface area contributed by atoms with Crippen molar-refractivity contribution >= 4 is 11.5 Å². The molecule has 1 aromatic carbocycles. The molecule has 1 aliphatic carbocycles. The van der Waals surface area contributed by atoms with Gasteiger partial charge < -0.3 is 5.32 Å². The largest absolute Gasteiger partial charge is 0.307 e. The van der Waals surface area contributed by atoms with Gasteiger partial charge in [0.15, 0.2) is 0 Å². The summed E-state index contributed by atoms with van der Waals surface area (Å²) in [6.07, 6.45) is 3.08. The van der Waals surface area contributed by atoms with Gasteiger partial charge in [-0.3, -0.25) is 14.9 Å². The van der Waals surface area contributed by atoms with Crippen molar-refractivity contribution in [2.75, 3.05) is 0 Å². The number of hydrogen-bond donors (Lipinski definition) is 1. The Morgan fingerprint density at radius 3 is 2.37 bits per heavy atom. The first-order valence-electron chi connectivity index (χ1n) is 6.58. The van der Waals surface area contributed by atoms with E-state index in [0.29, 0.717) is 24.7 Å². The van der Waals surface area contributed by atoms with E-state index in [-0.39, 0.29) is 11.7 Å². The number of hydrogen-bond acceptors (Lipinski definition) is 4. The Balaban J connectivity index is 1.94. The quantitative estimate of drug-likeness (QED) is 0.669. The molecule has 1 saturated carbocycles. The van der Waals surface area contributed by atoms with Gasteiger partial charge in [-0.25, -0.2) is 0 Å². The van der Waals surface area contributed by atoms with Gasteiger partial charge in [0.1, 0.15) is 5.78 Å². The Morgan fingerprint density at radius 2 is 1.84 bits per heavy atom. The standard InChI is InChI=1S/C14H18N2O3/c1-10(15-12-4-8-14(17)9-5-12)11-2-6-13(7-3-11)16(18)19/h2-3,6-7,10,12,15H,4-5,8-9H2,1H3/t10-/m0/s1. The zero-order valence-corrected chi connectivity index (χ0v) is 11.0. The topological polar surface area (TPSA) is 72.2 Å². The molecule has 1 aromatic rings. The van der Waals surface area contributed by atoms with Gasteiger partial charge in [-0.05, 0) is 25.3 Å². The van der Waals surface area contributed by atoms with Crippen molar-refractivity contribution in [2.45, 2.75) is 44.7 Å². The molecule has 5 heteroatoms. The highest BCUT2D eigenvalue weighted by atomic mass is 16.6. The maximum atomic E-state index is 11.2. The average molecular weight is 262 g/mol. The summed E-state index contributed by atoms with van der Waals surface area (Å²) in [6.45, 7) is 2.04. The van der Waals surface area contributed by atoms with Crippen LogP contribution in [0, 0.1) is 10.1 Å². The van der Waals surface area contributed by atoms with Crippen LogP contribution in [0.4, 0.5) is 5.69 Å². The Hall–Kier alpha value is -1.75. The maximum absolute atomic E-state index is 11.2. The number of benzene rings is 1. The monoisotopic (exact) mass is 262 g/mol. The number of Topliss-reactive ketones (excluding diaryl/α,β-unsaturated/α-hetero) is 1. The third-order valence-corrected chi connectivity index (χ3v) is 3.63. The zero-order valence-electron chi connectivity index (χ0n) is 11.0. The Labute approximate surface area is 112 Å². The van der Waals surface area contributed by atoms with Crippen molar-refractivity contribution in [3.63, 3.8) is 0 Å². The molecule has 1 N–H and O–H groups in total. The average Bonchev–Trinajstić information content (AvgIpc) is 2.41. The Morgan fingerprint density at radius 1 is 1.26 bits per heavy atom. The molecule has 5 nitrogen and oxygen atoms in total. The minimum atomic E-state index is -0.394. The second-order valence-electron chi connectivity index (χ2n) is 5.05. The highest BCUT2D eigenvalue weighted by Crippen LogP contribution is 2.21. The molecule has 0 amide bonds. The first-order chi connectivity index (χ1) is 9.06. The third kappa shape index (κ3) is 3.61. The fourth-order valence-electron chi connectivity index (χ4n) is 2.44. The summed E-state index contributed by atoms with van der Waals surface area (Å²) in [5.41, 5.74) is 1.14. The van der Waals surface area contributed by atoms with E-state index in [2.05, 4.69) is 5.32 Å². The first-order valence-corrected chi connectivity index (χ1v) is 6.58. The minimum absolute atomic E-state index is 0.110. The molecule has 19 heavy (non-hydrogen) atoms. The second-order valence-corrected chi connectivity index (χ2v) is 5.05. The van der Waals surface area contributed by atoms with Crippen molar-refractivity contribution in [1.29, 1.82) is 0 Å². The summed E-state index contributed by atoms with van der Waals surface area (Å²) in [7, 11) is 0. The van der Waals surface area contributed by atoms with E-state index < -0.39 is 4.92 Å². The fourth-order valence-corrected chi connectivity index (χ4v) is 2.44. The maximum Gasteiger partial charge on any atom is 0.269 e. The number of rotatable bonds is 4. The number of carbonyl (C=O) groups excluding carboxylic acids is 1. The van der Waals surface area contributed by atoms with Gasteiger partial charge in [0.2, 0.25) is 0 Å². The summed E-state index contributed by atoms with van der Waals surface area (Å²) in [5, 5.41) is 14.1. The number of non-ortho nitro benzene ring substituents is 1.